The van der Waals surface area contributed by atoms with E-state index in [9.17, 15) is 0 Å². The lowest BCUT2D eigenvalue weighted by Gasteiger charge is -2.31. The van der Waals surface area contributed by atoms with Crippen molar-refractivity contribution in [2.24, 2.45) is 0 Å². The van der Waals surface area contributed by atoms with E-state index in [2.05, 4.69) is 22.0 Å². The van der Waals surface area contributed by atoms with Crippen molar-refractivity contribution in [3.63, 3.8) is 0 Å². The normalized spacial score (nSPS) is 20.0. The Morgan fingerprint density at radius 3 is 2.90 bits per heavy atom. The molecule has 5 heteroatoms. The molecule has 2 aromatic rings. The van der Waals surface area contributed by atoms with Gasteiger partial charge in [0.05, 0.1) is 13.2 Å². The van der Waals surface area contributed by atoms with Gasteiger partial charge >= 0.3 is 0 Å². The van der Waals surface area contributed by atoms with Gasteiger partial charge in [-0.05, 0) is 38.6 Å². The standard InChI is InChI=1S/C15H20N4O/c1-18-10-6-5-8-13(18)15-16-11-17-19(15)12-7-3-4-9-14(12)20-2/h3-4,7,9,11,13H,5-6,8,10H2,1-2H3. The van der Waals surface area contributed by atoms with Crippen molar-refractivity contribution in [1.82, 2.24) is 19.7 Å². The fraction of sp³-hybridized carbons (Fsp3) is 0.467. The number of benzene rings is 1. The van der Waals surface area contributed by atoms with Gasteiger partial charge in [0.25, 0.3) is 0 Å². The number of aromatic nitrogens is 3. The molecular formula is C15H20N4O. The summed E-state index contributed by atoms with van der Waals surface area (Å²) in [5.41, 5.74) is 0.946. The van der Waals surface area contributed by atoms with Gasteiger partial charge in [-0.15, -0.1) is 0 Å². The highest BCUT2D eigenvalue weighted by Gasteiger charge is 2.26. The molecule has 1 aromatic carbocycles. The summed E-state index contributed by atoms with van der Waals surface area (Å²) in [6.07, 6.45) is 5.26. The molecule has 1 aliphatic rings. The summed E-state index contributed by atoms with van der Waals surface area (Å²) in [5.74, 6) is 1.81. The monoisotopic (exact) mass is 272 g/mol. The van der Waals surface area contributed by atoms with Crippen LogP contribution >= 0.6 is 0 Å². The van der Waals surface area contributed by atoms with Crippen LogP contribution in [0.4, 0.5) is 0 Å². The molecule has 106 valence electrons. The van der Waals surface area contributed by atoms with Gasteiger partial charge in [0.2, 0.25) is 0 Å². The molecule has 5 nitrogen and oxygen atoms in total. The zero-order chi connectivity index (χ0) is 13.9. The molecule has 1 fully saturated rings. The summed E-state index contributed by atoms with van der Waals surface area (Å²) < 4.78 is 7.34. The predicted octanol–water partition coefficient (Wildman–Crippen LogP) is 2.43. The number of likely N-dealkylation sites (tertiary alicyclic amines) is 1. The summed E-state index contributed by atoms with van der Waals surface area (Å²) in [4.78, 5) is 6.86. The van der Waals surface area contributed by atoms with Crippen LogP contribution in [-0.2, 0) is 0 Å². The Morgan fingerprint density at radius 1 is 1.25 bits per heavy atom. The fourth-order valence-corrected chi connectivity index (χ4v) is 2.87. The maximum Gasteiger partial charge on any atom is 0.149 e. The lowest BCUT2D eigenvalue weighted by Crippen LogP contribution is -2.31. The molecule has 0 saturated carbocycles. The van der Waals surface area contributed by atoms with E-state index in [4.69, 9.17) is 4.74 Å². The topological polar surface area (TPSA) is 43.2 Å². The van der Waals surface area contributed by atoms with Crippen LogP contribution in [0.15, 0.2) is 30.6 Å². The second-order valence-corrected chi connectivity index (χ2v) is 5.19. The quantitative estimate of drug-likeness (QED) is 0.860. The van der Waals surface area contributed by atoms with Crippen LogP contribution in [0.25, 0.3) is 5.69 Å². The van der Waals surface area contributed by atoms with Crippen LogP contribution < -0.4 is 4.74 Å². The Bertz CT molecular complexity index is 581. The highest BCUT2D eigenvalue weighted by Crippen LogP contribution is 2.31. The third-order valence-corrected chi connectivity index (χ3v) is 3.96. The number of ether oxygens (including phenoxy) is 1. The van der Waals surface area contributed by atoms with E-state index in [1.165, 1.54) is 12.8 Å². The summed E-state index contributed by atoms with van der Waals surface area (Å²) in [5, 5.41) is 4.40. The van der Waals surface area contributed by atoms with Crippen molar-refractivity contribution < 1.29 is 4.74 Å². The van der Waals surface area contributed by atoms with Crippen LogP contribution in [0.3, 0.4) is 0 Å². The van der Waals surface area contributed by atoms with Gasteiger partial charge in [0, 0.05) is 0 Å². The zero-order valence-electron chi connectivity index (χ0n) is 12.0. The van der Waals surface area contributed by atoms with E-state index in [0.29, 0.717) is 6.04 Å². The molecule has 1 atom stereocenters. The number of para-hydroxylation sites is 2. The van der Waals surface area contributed by atoms with E-state index >= 15 is 0 Å². The highest BCUT2D eigenvalue weighted by atomic mass is 16.5. The van der Waals surface area contributed by atoms with Crippen molar-refractivity contribution in [3.8, 4) is 11.4 Å². The van der Waals surface area contributed by atoms with E-state index in [1.54, 1.807) is 13.4 Å². The van der Waals surface area contributed by atoms with Crippen LogP contribution in [-0.4, -0.2) is 40.4 Å². The van der Waals surface area contributed by atoms with Gasteiger partial charge in [0.1, 0.15) is 23.6 Å². The van der Waals surface area contributed by atoms with Crippen LogP contribution in [0, 0.1) is 0 Å². The molecule has 1 aromatic heterocycles. The van der Waals surface area contributed by atoms with Gasteiger partial charge in [-0.1, -0.05) is 18.6 Å². The first-order chi connectivity index (χ1) is 9.81. The molecule has 0 amide bonds. The number of methoxy groups -OCH3 is 1. The molecule has 1 saturated heterocycles. The number of nitrogens with zero attached hydrogens (tertiary/aromatic N) is 4. The van der Waals surface area contributed by atoms with Gasteiger partial charge in [-0.25, -0.2) is 9.67 Å². The lowest BCUT2D eigenvalue weighted by molar-refractivity contribution is 0.177. The maximum atomic E-state index is 5.44. The number of rotatable bonds is 3. The van der Waals surface area contributed by atoms with Gasteiger partial charge in [-0.2, -0.15) is 5.10 Å². The first-order valence-electron chi connectivity index (χ1n) is 7.05. The van der Waals surface area contributed by atoms with Crippen molar-refractivity contribution >= 4 is 0 Å². The van der Waals surface area contributed by atoms with Gasteiger partial charge in [-0.3, -0.25) is 4.90 Å². The van der Waals surface area contributed by atoms with E-state index < -0.39 is 0 Å². The van der Waals surface area contributed by atoms with E-state index in [-0.39, 0.29) is 0 Å². The second kappa shape index (κ2) is 5.63. The molecule has 0 radical (unpaired) electrons. The molecule has 0 aliphatic carbocycles. The third kappa shape index (κ3) is 2.29. The first kappa shape index (κ1) is 13.1. The molecule has 1 unspecified atom stereocenters. The summed E-state index contributed by atoms with van der Waals surface area (Å²) in [7, 11) is 3.84. The minimum absolute atomic E-state index is 0.330. The minimum atomic E-state index is 0.330. The van der Waals surface area contributed by atoms with E-state index in [0.717, 1.165) is 30.2 Å². The largest absolute Gasteiger partial charge is 0.494 e. The van der Waals surface area contributed by atoms with E-state index in [1.807, 2.05) is 28.9 Å². The Morgan fingerprint density at radius 2 is 2.10 bits per heavy atom. The Balaban J connectivity index is 2.01. The SMILES string of the molecule is COc1ccccc1-n1ncnc1C1CCCCN1C. The second-order valence-electron chi connectivity index (χ2n) is 5.19. The molecule has 20 heavy (non-hydrogen) atoms. The molecule has 1 aliphatic heterocycles. The first-order valence-corrected chi connectivity index (χ1v) is 7.05. The lowest BCUT2D eigenvalue weighted by atomic mass is 10.0. The summed E-state index contributed by atoms with van der Waals surface area (Å²) >= 11 is 0. The molecule has 0 N–H and O–H groups in total. The van der Waals surface area contributed by atoms with Crippen LogP contribution in [0.1, 0.15) is 31.1 Å². The Labute approximate surface area is 119 Å². The highest BCUT2D eigenvalue weighted by molar-refractivity contribution is 5.46. The number of hydrogen-bond acceptors (Lipinski definition) is 4. The smallest absolute Gasteiger partial charge is 0.149 e. The van der Waals surface area contributed by atoms with Crippen molar-refractivity contribution in [2.75, 3.05) is 20.7 Å². The summed E-state index contributed by atoms with van der Waals surface area (Å²) in [6.45, 7) is 1.11. The van der Waals surface area contributed by atoms with Crippen LogP contribution in [0.2, 0.25) is 0 Å². The average molecular weight is 272 g/mol. The summed E-state index contributed by atoms with van der Waals surface area (Å²) in [6, 6.07) is 8.25. The van der Waals surface area contributed by atoms with Gasteiger partial charge in [0.15, 0.2) is 0 Å². The molecule has 0 spiro atoms. The number of piperidine rings is 1. The fourth-order valence-electron chi connectivity index (χ4n) is 2.87. The third-order valence-electron chi connectivity index (χ3n) is 3.96. The minimum Gasteiger partial charge on any atom is -0.494 e. The Kier molecular flexibility index (Phi) is 3.69. The molecule has 0 bridgehead atoms. The van der Waals surface area contributed by atoms with Gasteiger partial charge < -0.3 is 4.74 Å². The van der Waals surface area contributed by atoms with Crippen molar-refractivity contribution in [3.05, 3.63) is 36.4 Å². The van der Waals surface area contributed by atoms with Crippen molar-refractivity contribution in [1.29, 1.82) is 0 Å². The molecule has 3 rings (SSSR count). The average Bonchev–Trinajstić information content (AvgIpc) is 2.96. The maximum absolute atomic E-state index is 5.44. The molecular weight excluding hydrogens is 252 g/mol. The van der Waals surface area contributed by atoms with Crippen molar-refractivity contribution in [2.45, 2.75) is 25.3 Å². The number of hydrogen-bond donors (Lipinski definition) is 0. The Hall–Kier alpha value is -1.88. The van der Waals surface area contributed by atoms with Crippen LogP contribution in [0.5, 0.6) is 5.75 Å². The molecule has 2 heterocycles. The predicted molar refractivity (Wildman–Crippen MR) is 77.1 cm³/mol. The zero-order valence-corrected chi connectivity index (χ0v) is 12.0.